The SMILES string of the molecule is COC(=O)C[C@H](c1cccc(O)c1)C1CC1.COC(=O)C[C@H](c1cccc(OC(=O)c2ccc(-c3cc(OC)ccc3F)cc2)c1)C1CC1.COC(=O)c1ccc(-c2cc(OC)ccc2F)cc1.COC(=O)c1ccc(B(O)O)cc1.COc1ccc(F)c(-c2ccc(C(=O)O)cc2)c1.COc1ccc(F)c(-c2ccc(C(=O)Oc3cccc([C@@H](CC(=O)O)C4CC4)c3)cc2)c1.COc1ccc(F)c(Br)c1.[Li+].[OH-]. The summed E-state index contributed by atoms with van der Waals surface area (Å²) in [6.45, 7) is 0. The smallest absolute Gasteiger partial charge is 0.870 e. The first-order chi connectivity index (χ1) is 67.8. The summed E-state index contributed by atoms with van der Waals surface area (Å²) in [6, 6.07) is 75.4. The van der Waals surface area contributed by atoms with Crippen LogP contribution in [0.3, 0.4) is 0 Å². The number of aromatic hydroxyl groups is 1. The van der Waals surface area contributed by atoms with E-state index in [2.05, 4.69) is 25.4 Å². The third-order valence-corrected chi connectivity index (χ3v) is 23.5. The summed E-state index contributed by atoms with van der Waals surface area (Å²) >= 11 is 3.03. The first-order valence-electron chi connectivity index (χ1n) is 44.2. The number of carboxylic acid groups (broad SMARTS) is 2. The van der Waals surface area contributed by atoms with Gasteiger partial charge in [-0.2, -0.15) is 0 Å². The maximum absolute atomic E-state index is 14.2. The molecule has 143 heavy (non-hydrogen) atoms. The van der Waals surface area contributed by atoms with E-state index in [1.54, 1.807) is 183 Å². The van der Waals surface area contributed by atoms with Gasteiger partial charge in [-0.05, 0) is 322 Å². The number of carboxylic acids is 2. The molecular formula is C110H104BBrF5LiO25. The minimum atomic E-state index is -1.51. The molecule has 3 aliphatic carbocycles. The van der Waals surface area contributed by atoms with Crippen molar-refractivity contribution in [2.75, 3.05) is 64.0 Å². The monoisotopic (exact) mass is 2020 g/mol. The van der Waals surface area contributed by atoms with Crippen molar-refractivity contribution in [3.05, 3.63) is 363 Å². The molecule has 0 bridgehead atoms. The van der Waals surface area contributed by atoms with Gasteiger partial charge < -0.3 is 82.9 Å². The van der Waals surface area contributed by atoms with Crippen LogP contribution in [-0.2, 0) is 33.3 Å². The van der Waals surface area contributed by atoms with Gasteiger partial charge in [0.2, 0.25) is 0 Å². The molecule has 33 heteroatoms. The Balaban J connectivity index is 0.000000211. The number of rotatable bonds is 29. The second kappa shape index (κ2) is 55.9. The normalized spacial score (nSPS) is 12.3. The first kappa shape index (κ1) is 113. The zero-order chi connectivity index (χ0) is 102. The Kier molecular flexibility index (Phi) is 44.3. The van der Waals surface area contributed by atoms with Crippen LogP contribution in [-0.4, -0.2) is 150 Å². The summed E-state index contributed by atoms with van der Waals surface area (Å²) in [7, 11) is 11.5. The molecule has 16 rings (SSSR count). The average molecular weight is 2020 g/mol. The topological polar surface area (TPSA) is 369 Å². The minimum Gasteiger partial charge on any atom is -0.870 e. The number of carbonyl (C=O) groups excluding carboxylic acids is 6. The average Bonchev–Trinajstić information content (AvgIpc) is 1.77. The molecule has 6 N–H and O–H groups in total. The van der Waals surface area contributed by atoms with Crippen LogP contribution in [0.4, 0.5) is 22.0 Å². The predicted molar refractivity (Wildman–Crippen MR) is 525 cm³/mol. The number of phenols is 1. The van der Waals surface area contributed by atoms with Gasteiger partial charge in [0, 0.05) is 22.3 Å². The largest absolute Gasteiger partial charge is 1.00 e. The Morgan fingerprint density at radius 3 is 0.881 bits per heavy atom. The predicted octanol–water partition coefficient (Wildman–Crippen LogP) is 19.0. The maximum atomic E-state index is 14.2. The van der Waals surface area contributed by atoms with E-state index in [9.17, 15) is 70.5 Å². The van der Waals surface area contributed by atoms with Crippen LogP contribution in [0.1, 0.15) is 144 Å². The van der Waals surface area contributed by atoms with Crippen LogP contribution < -0.4 is 57.5 Å². The molecule has 0 aliphatic heterocycles. The van der Waals surface area contributed by atoms with E-state index < -0.39 is 42.9 Å². The van der Waals surface area contributed by atoms with Crippen LogP contribution in [0.25, 0.3) is 44.5 Å². The van der Waals surface area contributed by atoms with Gasteiger partial charge in [-0.15, -0.1) is 0 Å². The number of aromatic carboxylic acids is 1. The van der Waals surface area contributed by atoms with Crippen molar-refractivity contribution in [2.45, 2.75) is 75.5 Å². The van der Waals surface area contributed by atoms with Gasteiger partial charge in [0.05, 0.1) is 116 Å². The number of aliphatic carboxylic acids is 1. The van der Waals surface area contributed by atoms with Gasteiger partial charge in [-0.3, -0.25) is 14.4 Å². The molecule has 3 saturated carbocycles. The minimum absolute atomic E-state index is 0. The summed E-state index contributed by atoms with van der Waals surface area (Å²) in [4.78, 5) is 92.7. The van der Waals surface area contributed by atoms with E-state index in [4.69, 9.17) is 57.8 Å². The molecule has 0 unspecified atom stereocenters. The molecule has 13 aromatic rings. The molecule has 0 saturated heterocycles. The molecule has 3 fully saturated rings. The molecule has 3 aliphatic rings. The molecule has 13 aromatic carbocycles. The van der Waals surface area contributed by atoms with E-state index in [1.165, 1.54) is 130 Å². The van der Waals surface area contributed by atoms with Crippen LogP contribution in [0, 0.1) is 46.8 Å². The molecule has 0 radical (unpaired) electrons. The van der Waals surface area contributed by atoms with Crippen molar-refractivity contribution in [2.24, 2.45) is 17.8 Å². The van der Waals surface area contributed by atoms with Crippen molar-refractivity contribution in [3.63, 3.8) is 0 Å². The Morgan fingerprint density at radius 1 is 0.329 bits per heavy atom. The zero-order valence-electron chi connectivity index (χ0n) is 79.7. The third kappa shape index (κ3) is 34.2. The van der Waals surface area contributed by atoms with Crippen molar-refractivity contribution in [1.82, 2.24) is 0 Å². The number of halogens is 6. The summed E-state index contributed by atoms with van der Waals surface area (Å²) in [5.41, 5.74) is 8.93. The summed E-state index contributed by atoms with van der Waals surface area (Å²) in [5.74, 6) is -0.506. The van der Waals surface area contributed by atoms with E-state index >= 15 is 0 Å². The quantitative estimate of drug-likeness (QED) is 0.00955. The van der Waals surface area contributed by atoms with Crippen LogP contribution in [0.5, 0.6) is 46.0 Å². The van der Waals surface area contributed by atoms with Crippen LogP contribution in [0.15, 0.2) is 290 Å². The second-order valence-electron chi connectivity index (χ2n) is 32.3. The molecule has 740 valence electrons. The van der Waals surface area contributed by atoms with Crippen LogP contribution in [0.2, 0.25) is 0 Å². The molecular weight excluding hydrogens is 1910 g/mol. The van der Waals surface area contributed by atoms with Crippen molar-refractivity contribution in [1.29, 1.82) is 0 Å². The Hall–Kier alpha value is -14.9. The number of carbonyl (C=O) groups is 8. The van der Waals surface area contributed by atoms with E-state index in [0.717, 1.165) is 55.2 Å². The molecule has 0 aromatic heterocycles. The van der Waals surface area contributed by atoms with E-state index in [1.807, 2.05) is 36.4 Å². The fourth-order valence-electron chi connectivity index (χ4n) is 14.8. The summed E-state index contributed by atoms with van der Waals surface area (Å²) in [5, 5.41) is 44.9. The van der Waals surface area contributed by atoms with Gasteiger partial charge in [-0.25, -0.2) is 45.9 Å². The number of esters is 6. The van der Waals surface area contributed by atoms with Gasteiger partial charge in [0.15, 0.2) is 0 Å². The maximum Gasteiger partial charge on any atom is 1.00 e. The number of hydrogen-bond donors (Lipinski definition) is 5. The Bertz CT molecular complexity index is 6450. The van der Waals surface area contributed by atoms with Crippen molar-refractivity contribution in [3.8, 4) is 90.5 Å². The molecule has 0 heterocycles. The zero-order valence-corrected chi connectivity index (χ0v) is 81.3. The standard InChI is InChI=1S/C27H25FO5.C26H23FO5.C15H13FO3.C14H11FO3.C13H16O3.C8H9BO4.C7H6BrFO.Li.H2O/c1-31-21-12-13-25(28)24(15-21)18-8-10-19(11-9-18)27(30)33-22-5-3-4-20(14-22)23(17-6-7-17)16-26(29)32-2;1-31-20-11-12-24(27)23(14-20)17-7-9-18(10-8-17)26(30)32-21-4-2-3-19(13-21)22(15-25(28)29)16-5-6-16;1-18-12-7-8-14(16)13(9-12)10-3-5-11(6-4-10)15(17)19-2;1-18-11-6-7-13(15)12(8-11)9-2-4-10(5-3-9)14(16)17;1-16-13(15)8-12(9-5-6-9)10-3-2-4-11(14)7-10;1-13-8(10)6-2-4-7(5-3-6)9(11)12;1-10-5-2-3-7(9)6(8)4-5;;/h3-5,8-15,17,23H,6-7,16H2,1-2H3;2-4,7-14,16,22H,5-6,15H2,1H3,(H,28,29);3-9H,1-2H3;2-8H,1H3,(H,16,17);2-4,7,9,12,14H,5-6,8H2,1H3;2-5,11-12H,1H3;2-4H,1H3;;1H2/q;;;;;;;+1;/p-1/t23-;22-;;;12-;;;;/m00..0..../s1. The molecule has 0 amide bonds. The second-order valence-corrected chi connectivity index (χ2v) is 33.1. The number of hydrogen-bond acceptors (Lipinski definition) is 23. The molecule has 3 atom stereocenters. The van der Waals surface area contributed by atoms with Gasteiger partial charge >= 0.3 is 73.7 Å². The number of phenolic OH excluding ortho intramolecular Hbond substituents is 1. The fourth-order valence-corrected chi connectivity index (χ4v) is 15.1. The van der Waals surface area contributed by atoms with Crippen molar-refractivity contribution < 1.29 is 162 Å². The van der Waals surface area contributed by atoms with E-state index in [-0.39, 0.29) is 101 Å². The van der Waals surface area contributed by atoms with Gasteiger partial charge in [0.25, 0.3) is 0 Å². The summed E-state index contributed by atoms with van der Waals surface area (Å²) < 4.78 is 124. The fraction of sp³-hybridized carbons (Fsp3) is 0.218. The Labute approximate surface area is 844 Å². The molecule has 0 spiro atoms. The van der Waals surface area contributed by atoms with Gasteiger partial charge in [-0.1, -0.05) is 97.1 Å². The first-order valence-corrected chi connectivity index (χ1v) is 45.0. The van der Waals surface area contributed by atoms with Gasteiger partial charge in [0.1, 0.15) is 75.1 Å². The summed E-state index contributed by atoms with van der Waals surface area (Å²) in [6.07, 6.45) is 7.28. The van der Waals surface area contributed by atoms with Crippen LogP contribution >= 0.6 is 15.9 Å². The number of methoxy groups -OCH3 is 9. The number of benzene rings is 13. The Morgan fingerprint density at radius 2 is 0.608 bits per heavy atom. The number of ether oxygens (including phenoxy) is 11. The molecule has 25 nitrogen and oxygen atoms in total. The van der Waals surface area contributed by atoms with Crippen molar-refractivity contribution >= 4 is 76.3 Å². The van der Waals surface area contributed by atoms with E-state index in [0.29, 0.717) is 148 Å². The third-order valence-electron chi connectivity index (χ3n) is 22.9.